The molecule has 23 heavy (non-hydrogen) atoms. The molecule has 7 nitrogen and oxygen atoms in total. The highest BCUT2D eigenvalue weighted by molar-refractivity contribution is 8.01. The van der Waals surface area contributed by atoms with Crippen molar-refractivity contribution >= 4 is 40.2 Å². The number of anilines is 1. The minimum absolute atomic E-state index is 0.113. The summed E-state index contributed by atoms with van der Waals surface area (Å²) in [4.78, 5) is 23.0. The molecule has 0 spiro atoms. The molecule has 1 atom stereocenters. The summed E-state index contributed by atoms with van der Waals surface area (Å²) in [6.07, 6.45) is 5.86. The third-order valence-electron chi connectivity index (χ3n) is 3.81. The lowest BCUT2D eigenvalue weighted by Crippen LogP contribution is -2.23. The van der Waals surface area contributed by atoms with E-state index in [-0.39, 0.29) is 5.75 Å². The van der Waals surface area contributed by atoms with Gasteiger partial charge < -0.3 is 14.8 Å². The van der Waals surface area contributed by atoms with E-state index in [1.807, 2.05) is 0 Å². The van der Waals surface area contributed by atoms with Crippen molar-refractivity contribution < 1.29 is 19.1 Å². The normalized spacial score (nSPS) is 21.9. The Morgan fingerprint density at radius 1 is 1.30 bits per heavy atom. The van der Waals surface area contributed by atoms with Crippen LogP contribution in [0.5, 0.6) is 0 Å². The number of nitrogens with one attached hydrogen (secondary N) is 1. The summed E-state index contributed by atoms with van der Waals surface area (Å²) in [5.74, 6) is -0.781. The first kappa shape index (κ1) is 16.5. The Labute approximate surface area is 142 Å². The molecule has 0 amide bonds. The zero-order chi connectivity index (χ0) is 16.1. The maximum absolute atomic E-state index is 11.7. The van der Waals surface area contributed by atoms with Crippen molar-refractivity contribution in [3.63, 3.8) is 0 Å². The van der Waals surface area contributed by atoms with Crippen LogP contribution in [0.4, 0.5) is 5.13 Å². The molecule has 0 bridgehead atoms. The van der Waals surface area contributed by atoms with Gasteiger partial charge in [0.1, 0.15) is 0 Å². The SMILES string of the molecule is O=C(CSc1nnc(NC2CCCCC2)s1)O[C@@H]1CCOC1=O. The molecule has 1 aromatic heterocycles. The number of thioether (sulfide) groups is 1. The predicted molar refractivity (Wildman–Crippen MR) is 86.6 cm³/mol. The van der Waals surface area contributed by atoms with E-state index in [9.17, 15) is 9.59 Å². The van der Waals surface area contributed by atoms with Gasteiger partial charge in [-0.15, -0.1) is 10.2 Å². The lowest BCUT2D eigenvalue weighted by molar-refractivity contribution is -0.158. The van der Waals surface area contributed by atoms with Crippen molar-refractivity contribution in [1.29, 1.82) is 0 Å². The van der Waals surface area contributed by atoms with Crippen LogP contribution in [-0.4, -0.2) is 46.6 Å². The summed E-state index contributed by atoms with van der Waals surface area (Å²) in [5.41, 5.74) is 0. The largest absolute Gasteiger partial charge is 0.463 e. The molecule has 126 valence electrons. The Morgan fingerprint density at radius 3 is 2.87 bits per heavy atom. The van der Waals surface area contributed by atoms with Crippen molar-refractivity contribution in [2.24, 2.45) is 0 Å². The van der Waals surface area contributed by atoms with Crippen LogP contribution in [0.1, 0.15) is 38.5 Å². The van der Waals surface area contributed by atoms with Crippen LogP contribution in [-0.2, 0) is 19.1 Å². The fourth-order valence-corrected chi connectivity index (χ4v) is 4.26. The Balaban J connectivity index is 1.41. The van der Waals surface area contributed by atoms with Gasteiger partial charge in [-0.3, -0.25) is 4.79 Å². The summed E-state index contributed by atoms with van der Waals surface area (Å²) < 4.78 is 10.6. The maximum Gasteiger partial charge on any atom is 0.347 e. The molecule has 0 aromatic carbocycles. The van der Waals surface area contributed by atoms with E-state index in [2.05, 4.69) is 15.5 Å². The first-order valence-corrected chi connectivity index (χ1v) is 9.60. The molecule has 1 N–H and O–H groups in total. The Kier molecular flexibility index (Phi) is 5.71. The van der Waals surface area contributed by atoms with Crippen molar-refractivity contribution in [2.45, 2.75) is 55.0 Å². The van der Waals surface area contributed by atoms with Crippen LogP contribution in [0.2, 0.25) is 0 Å². The third-order valence-corrected chi connectivity index (χ3v) is 5.77. The molecule has 1 saturated heterocycles. The maximum atomic E-state index is 11.7. The van der Waals surface area contributed by atoms with Gasteiger partial charge in [-0.2, -0.15) is 0 Å². The van der Waals surface area contributed by atoms with Crippen molar-refractivity contribution in [2.75, 3.05) is 17.7 Å². The number of hydrogen-bond donors (Lipinski definition) is 1. The average Bonchev–Trinajstić information content (AvgIpc) is 3.16. The van der Waals surface area contributed by atoms with Crippen molar-refractivity contribution in [1.82, 2.24) is 10.2 Å². The van der Waals surface area contributed by atoms with Gasteiger partial charge in [0, 0.05) is 12.5 Å². The van der Waals surface area contributed by atoms with Gasteiger partial charge in [0.25, 0.3) is 0 Å². The summed E-state index contributed by atoms with van der Waals surface area (Å²) in [5, 5.41) is 12.4. The third kappa shape index (κ3) is 4.81. The number of carbonyl (C=O) groups excluding carboxylic acids is 2. The molecule has 3 rings (SSSR count). The summed E-state index contributed by atoms with van der Waals surface area (Å²) in [7, 11) is 0. The van der Waals surface area contributed by atoms with Crippen LogP contribution in [0.3, 0.4) is 0 Å². The molecule has 1 aromatic rings. The molecule has 2 aliphatic rings. The summed E-state index contributed by atoms with van der Waals surface area (Å²) in [6.45, 7) is 0.316. The zero-order valence-electron chi connectivity index (χ0n) is 12.7. The molecule has 0 radical (unpaired) electrons. The highest BCUT2D eigenvalue weighted by Crippen LogP contribution is 2.28. The van der Waals surface area contributed by atoms with E-state index in [4.69, 9.17) is 9.47 Å². The zero-order valence-corrected chi connectivity index (χ0v) is 14.3. The van der Waals surface area contributed by atoms with Crippen LogP contribution >= 0.6 is 23.1 Å². The van der Waals surface area contributed by atoms with Gasteiger partial charge in [0.2, 0.25) is 11.2 Å². The van der Waals surface area contributed by atoms with Crippen LogP contribution < -0.4 is 5.32 Å². The van der Waals surface area contributed by atoms with E-state index in [1.165, 1.54) is 55.2 Å². The number of esters is 2. The number of cyclic esters (lactones) is 1. The molecule has 1 aliphatic heterocycles. The standard InChI is InChI=1S/C14H19N3O4S2/c18-11(21-10-6-7-20-12(10)19)8-22-14-17-16-13(23-14)15-9-4-2-1-3-5-9/h9-10H,1-8H2,(H,15,16)/t10-/m1/s1. The highest BCUT2D eigenvalue weighted by atomic mass is 32.2. The first-order chi connectivity index (χ1) is 11.2. The number of nitrogens with zero attached hydrogens (tertiary/aromatic N) is 2. The van der Waals surface area contributed by atoms with E-state index in [1.54, 1.807) is 0 Å². The van der Waals surface area contributed by atoms with Gasteiger partial charge in [-0.05, 0) is 12.8 Å². The number of aromatic nitrogens is 2. The molecule has 1 aliphatic carbocycles. The average molecular weight is 357 g/mol. The van der Waals surface area contributed by atoms with Gasteiger partial charge in [-0.25, -0.2) is 4.79 Å². The fourth-order valence-electron chi connectivity index (χ4n) is 2.65. The van der Waals surface area contributed by atoms with Gasteiger partial charge >= 0.3 is 11.9 Å². The van der Waals surface area contributed by atoms with E-state index in [0.717, 1.165) is 5.13 Å². The summed E-state index contributed by atoms with van der Waals surface area (Å²) in [6, 6.07) is 0.480. The van der Waals surface area contributed by atoms with Crippen molar-refractivity contribution in [3.05, 3.63) is 0 Å². The second-order valence-electron chi connectivity index (χ2n) is 5.58. The van der Waals surface area contributed by atoms with Crippen LogP contribution in [0.15, 0.2) is 4.34 Å². The predicted octanol–water partition coefficient (Wildman–Crippen LogP) is 2.23. The summed E-state index contributed by atoms with van der Waals surface area (Å²) >= 11 is 2.72. The highest BCUT2D eigenvalue weighted by Gasteiger charge is 2.30. The molecule has 0 unspecified atom stereocenters. The second kappa shape index (κ2) is 7.96. The first-order valence-electron chi connectivity index (χ1n) is 7.79. The molecular weight excluding hydrogens is 338 g/mol. The number of ether oxygens (including phenoxy) is 2. The number of rotatable bonds is 6. The molecule has 2 fully saturated rings. The van der Waals surface area contributed by atoms with E-state index >= 15 is 0 Å². The Morgan fingerprint density at radius 2 is 2.13 bits per heavy atom. The van der Waals surface area contributed by atoms with Gasteiger partial charge in [0.05, 0.1) is 12.4 Å². The number of hydrogen-bond acceptors (Lipinski definition) is 9. The fraction of sp³-hybridized carbons (Fsp3) is 0.714. The van der Waals surface area contributed by atoms with Gasteiger partial charge in [0.15, 0.2) is 4.34 Å². The molecule has 9 heteroatoms. The molecule has 1 saturated carbocycles. The Bertz CT molecular complexity index is 560. The molecular formula is C14H19N3O4S2. The smallest absolute Gasteiger partial charge is 0.347 e. The van der Waals surface area contributed by atoms with Crippen LogP contribution in [0.25, 0.3) is 0 Å². The minimum Gasteiger partial charge on any atom is -0.463 e. The lowest BCUT2D eigenvalue weighted by atomic mass is 9.96. The van der Waals surface area contributed by atoms with E-state index in [0.29, 0.717) is 23.4 Å². The van der Waals surface area contributed by atoms with E-state index < -0.39 is 18.0 Å². The van der Waals surface area contributed by atoms with Crippen molar-refractivity contribution in [3.8, 4) is 0 Å². The monoisotopic (exact) mass is 357 g/mol. The lowest BCUT2D eigenvalue weighted by Gasteiger charge is -2.21. The molecule has 2 heterocycles. The second-order valence-corrected chi connectivity index (χ2v) is 7.78. The minimum atomic E-state index is -0.749. The topological polar surface area (TPSA) is 90.4 Å². The quantitative estimate of drug-likeness (QED) is 0.612. The van der Waals surface area contributed by atoms with Gasteiger partial charge in [-0.1, -0.05) is 42.4 Å². The Hall–Kier alpha value is -1.35. The van der Waals surface area contributed by atoms with Crippen LogP contribution in [0, 0.1) is 0 Å². The number of carbonyl (C=O) groups is 2.